The zero-order valence-corrected chi connectivity index (χ0v) is 11.0. The molecule has 3 atom stereocenters. The molecule has 0 radical (unpaired) electrons. The SMILES string of the molecule is COC1OC(COC(=O)c2ccccc2)CC1(C)O. The Balaban J connectivity index is 1.86. The summed E-state index contributed by atoms with van der Waals surface area (Å²) in [6, 6.07) is 8.75. The van der Waals surface area contributed by atoms with Gasteiger partial charge in [0.05, 0.1) is 11.7 Å². The van der Waals surface area contributed by atoms with Gasteiger partial charge in [0.2, 0.25) is 0 Å². The maximum Gasteiger partial charge on any atom is 0.338 e. The average molecular weight is 266 g/mol. The van der Waals surface area contributed by atoms with Crippen LogP contribution in [0.5, 0.6) is 0 Å². The van der Waals surface area contributed by atoms with E-state index in [9.17, 15) is 9.90 Å². The molecule has 5 heteroatoms. The molecule has 5 nitrogen and oxygen atoms in total. The van der Waals surface area contributed by atoms with E-state index < -0.39 is 17.9 Å². The quantitative estimate of drug-likeness (QED) is 0.833. The summed E-state index contributed by atoms with van der Waals surface area (Å²) in [5.41, 5.74) is -0.561. The Hall–Kier alpha value is -1.43. The molecule has 0 aliphatic carbocycles. The van der Waals surface area contributed by atoms with Gasteiger partial charge in [0.15, 0.2) is 6.29 Å². The molecule has 19 heavy (non-hydrogen) atoms. The smallest absolute Gasteiger partial charge is 0.338 e. The normalized spacial score (nSPS) is 30.3. The topological polar surface area (TPSA) is 65.0 Å². The predicted octanol–water partition coefficient (Wildman–Crippen LogP) is 1.36. The lowest BCUT2D eigenvalue weighted by Crippen LogP contribution is -2.35. The van der Waals surface area contributed by atoms with Gasteiger partial charge in [-0.15, -0.1) is 0 Å². The number of methoxy groups -OCH3 is 1. The molecule has 1 saturated heterocycles. The Morgan fingerprint density at radius 3 is 2.74 bits per heavy atom. The van der Waals surface area contributed by atoms with Crippen molar-refractivity contribution in [2.75, 3.05) is 13.7 Å². The molecular weight excluding hydrogens is 248 g/mol. The van der Waals surface area contributed by atoms with Crippen LogP contribution in [-0.4, -0.2) is 42.8 Å². The number of aliphatic hydroxyl groups is 1. The van der Waals surface area contributed by atoms with Crippen LogP contribution in [0.4, 0.5) is 0 Å². The maximum atomic E-state index is 11.7. The molecule has 0 bridgehead atoms. The fraction of sp³-hybridized carbons (Fsp3) is 0.500. The summed E-state index contributed by atoms with van der Waals surface area (Å²) in [5.74, 6) is -0.398. The second-order valence-electron chi connectivity index (χ2n) is 4.85. The third kappa shape index (κ3) is 3.32. The van der Waals surface area contributed by atoms with E-state index in [1.165, 1.54) is 7.11 Å². The number of ether oxygens (including phenoxy) is 3. The van der Waals surface area contributed by atoms with Crippen molar-refractivity contribution >= 4 is 5.97 Å². The van der Waals surface area contributed by atoms with Gasteiger partial charge in [0, 0.05) is 13.5 Å². The lowest BCUT2D eigenvalue weighted by Gasteiger charge is -2.21. The third-order valence-corrected chi connectivity index (χ3v) is 3.09. The van der Waals surface area contributed by atoms with E-state index in [1.54, 1.807) is 31.2 Å². The fourth-order valence-corrected chi connectivity index (χ4v) is 2.16. The van der Waals surface area contributed by atoms with Gasteiger partial charge in [-0.1, -0.05) is 18.2 Å². The summed E-state index contributed by atoms with van der Waals surface area (Å²) in [6.07, 6.45) is -0.673. The minimum atomic E-state index is -1.06. The summed E-state index contributed by atoms with van der Waals surface area (Å²) < 4.78 is 15.7. The molecule has 0 aromatic heterocycles. The molecule has 1 aliphatic rings. The Morgan fingerprint density at radius 2 is 2.16 bits per heavy atom. The van der Waals surface area contributed by atoms with E-state index in [2.05, 4.69) is 0 Å². The highest BCUT2D eigenvalue weighted by Crippen LogP contribution is 2.30. The Labute approximate surface area is 112 Å². The van der Waals surface area contributed by atoms with Crippen molar-refractivity contribution in [1.82, 2.24) is 0 Å². The minimum Gasteiger partial charge on any atom is -0.459 e. The Kier molecular flexibility index (Phi) is 4.19. The van der Waals surface area contributed by atoms with Gasteiger partial charge < -0.3 is 19.3 Å². The first-order valence-corrected chi connectivity index (χ1v) is 6.16. The van der Waals surface area contributed by atoms with Gasteiger partial charge >= 0.3 is 5.97 Å². The molecular formula is C14H18O5. The number of carbonyl (C=O) groups is 1. The Bertz CT molecular complexity index is 429. The van der Waals surface area contributed by atoms with E-state index in [0.717, 1.165) is 0 Å². The molecule has 104 valence electrons. The molecule has 2 rings (SSSR count). The van der Waals surface area contributed by atoms with E-state index in [4.69, 9.17) is 14.2 Å². The zero-order valence-electron chi connectivity index (χ0n) is 11.0. The van der Waals surface area contributed by atoms with Crippen LogP contribution in [0.15, 0.2) is 30.3 Å². The van der Waals surface area contributed by atoms with Gasteiger partial charge in [-0.3, -0.25) is 0 Å². The van der Waals surface area contributed by atoms with Crippen LogP contribution in [0.25, 0.3) is 0 Å². The number of benzene rings is 1. The van der Waals surface area contributed by atoms with E-state index in [0.29, 0.717) is 12.0 Å². The highest BCUT2D eigenvalue weighted by molar-refractivity contribution is 5.89. The van der Waals surface area contributed by atoms with Crippen LogP contribution >= 0.6 is 0 Å². The van der Waals surface area contributed by atoms with Gasteiger partial charge in [-0.2, -0.15) is 0 Å². The molecule has 1 aromatic carbocycles. The monoisotopic (exact) mass is 266 g/mol. The predicted molar refractivity (Wildman–Crippen MR) is 67.6 cm³/mol. The van der Waals surface area contributed by atoms with Crippen LogP contribution in [0, 0.1) is 0 Å². The van der Waals surface area contributed by atoms with Crippen LogP contribution in [0.1, 0.15) is 23.7 Å². The van der Waals surface area contributed by atoms with Crippen molar-refractivity contribution < 1.29 is 24.1 Å². The standard InChI is InChI=1S/C14H18O5/c1-14(16)8-11(19-13(14)17-2)9-18-12(15)10-6-4-3-5-7-10/h3-7,11,13,16H,8-9H2,1-2H3. The summed E-state index contributed by atoms with van der Waals surface area (Å²) in [4.78, 5) is 11.7. The van der Waals surface area contributed by atoms with Gasteiger partial charge in [0.25, 0.3) is 0 Å². The van der Waals surface area contributed by atoms with Crippen molar-refractivity contribution in [3.63, 3.8) is 0 Å². The summed E-state index contributed by atoms with van der Waals surface area (Å²) in [5, 5.41) is 10.0. The van der Waals surface area contributed by atoms with Gasteiger partial charge in [-0.25, -0.2) is 4.79 Å². The van der Waals surface area contributed by atoms with Crippen molar-refractivity contribution in [2.45, 2.75) is 31.3 Å². The number of rotatable bonds is 4. The summed E-state index contributed by atoms with van der Waals surface area (Å²) in [6.45, 7) is 1.74. The van der Waals surface area contributed by atoms with Gasteiger partial charge in [0.1, 0.15) is 12.2 Å². The largest absolute Gasteiger partial charge is 0.459 e. The number of hydrogen-bond donors (Lipinski definition) is 1. The lowest BCUT2D eigenvalue weighted by molar-refractivity contribution is -0.183. The van der Waals surface area contributed by atoms with Crippen LogP contribution in [-0.2, 0) is 14.2 Å². The Morgan fingerprint density at radius 1 is 1.47 bits per heavy atom. The van der Waals surface area contributed by atoms with Crippen LogP contribution in [0.3, 0.4) is 0 Å². The number of esters is 1. The fourth-order valence-electron chi connectivity index (χ4n) is 2.16. The molecule has 0 spiro atoms. The van der Waals surface area contributed by atoms with E-state index in [1.807, 2.05) is 6.07 Å². The molecule has 1 aromatic rings. The van der Waals surface area contributed by atoms with Crippen LogP contribution < -0.4 is 0 Å². The first kappa shape index (κ1) is 14.0. The first-order chi connectivity index (χ1) is 9.03. The minimum absolute atomic E-state index is 0.101. The molecule has 3 unspecified atom stereocenters. The highest BCUT2D eigenvalue weighted by atomic mass is 16.7. The summed E-state index contributed by atoms with van der Waals surface area (Å²) >= 11 is 0. The zero-order chi connectivity index (χ0) is 13.9. The van der Waals surface area contributed by atoms with Crippen LogP contribution in [0.2, 0.25) is 0 Å². The second kappa shape index (κ2) is 5.69. The highest BCUT2D eigenvalue weighted by Gasteiger charge is 2.44. The van der Waals surface area contributed by atoms with Crippen molar-refractivity contribution in [1.29, 1.82) is 0 Å². The second-order valence-corrected chi connectivity index (χ2v) is 4.85. The maximum absolute atomic E-state index is 11.7. The molecule has 1 heterocycles. The van der Waals surface area contributed by atoms with Gasteiger partial charge in [-0.05, 0) is 19.1 Å². The summed E-state index contributed by atoms with van der Waals surface area (Å²) in [7, 11) is 1.47. The van der Waals surface area contributed by atoms with E-state index in [-0.39, 0.29) is 12.7 Å². The van der Waals surface area contributed by atoms with E-state index >= 15 is 0 Å². The molecule has 1 fully saturated rings. The van der Waals surface area contributed by atoms with Crippen molar-refractivity contribution in [3.05, 3.63) is 35.9 Å². The number of hydrogen-bond acceptors (Lipinski definition) is 5. The molecule has 1 aliphatic heterocycles. The average Bonchev–Trinajstić information content (AvgIpc) is 2.71. The molecule has 0 saturated carbocycles. The first-order valence-electron chi connectivity index (χ1n) is 6.16. The van der Waals surface area contributed by atoms with Crippen molar-refractivity contribution in [2.24, 2.45) is 0 Å². The molecule has 0 amide bonds. The lowest BCUT2D eigenvalue weighted by atomic mass is 10.0. The molecule has 1 N–H and O–H groups in total. The number of carbonyl (C=O) groups excluding carboxylic acids is 1. The van der Waals surface area contributed by atoms with Crippen molar-refractivity contribution in [3.8, 4) is 0 Å². The third-order valence-electron chi connectivity index (χ3n) is 3.09.